The van der Waals surface area contributed by atoms with Crippen LogP contribution in [0.5, 0.6) is 0 Å². The van der Waals surface area contributed by atoms with E-state index in [1.54, 1.807) is 35.6 Å². The van der Waals surface area contributed by atoms with Gasteiger partial charge in [0.25, 0.3) is 5.91 Å². The van der Waals surface area contributed by atoms with Gasteiger partial charge in [0.05, 0.1) is 6.42 Å². The molecular weight excluding hydrogens is 468 g/mol. The summed E-state index contributed by atoms with van der Waals surface area (Å²) in [5, 5.41) is 5.78. The van der Waals surface area contributed by atoms with E-state index in [4.69, 9.17) is 4.42 Å². The lowest BCUT2D eigenvalue weighted by atomic mass is 10.1. The number of furan rings is 1. The predicted octanol–water partition coefficient (Wildman–Crippen LogP) is 4.03. The third-order valence-electron chi connectivity index (χ3n) is 4.90. The molecule has 2 amide bonds. The number of carbonyl (C=O) groups is 2. The molecule has 2 aromatic heterocycles. The number of nitrogens with one attached hydrogen (secondary N) is 1. The summed E-state index contributed by atoms with van der Waals surface area (Å²) in [5.41, 5.74) is 1.57. The minimum absolute atomic E-state index is 0.119. The quantitative estimate of drug-likeness (QED) is 0.586. The normalized spacial score (nSPS) is 14.4. The molecule has 0 atom stereocenters. The fraction of sp³-hybridized carbons (Fsp3) is 0.286. The Hall–Kier alpha value is -2.65. The number of anilines is 2. The first-order valence-electron chi connectivity index (χ1n) is 9.66. The van der Waals surface area contributed by atoms with Crippen LogP contribution in [0.2, 0.25) is 0 Å². The van der Waals surface area contributed by atoms with Crippen LogP contribution < -0.4 is 10.2 Å². The summed E-state index contributed by atoms with van der Waals surface area (Å²) in [6.45, 7) is 3.17. The molecule has 1 aliphatic heterocycles. The van der Waals surface area contributed by atoms with Crippen molar-refractivity contribution >= 4 is 49.9 Å². The zero-order valence-electron chi connectivity index (χ0n) is 16.2. The van der Waals surface area contributed by atoms with Crippen molar-refractivity contribution in [1.82, 2.24) is 9.88 Å². The lowest BCUT2D eigenvalue weighted by Gasteiger charge is -2.21. The predicted molar refractivity (Wildman–Crippen MR) is 120 cm³/mol. The van der Waals surface area contributed by atoms with Crippen LogP contribution in [0.25, 0.3) is 0 Å². The lowest BCUT2D eigenvalue weighted by Crippen LogP contribution is -2.36. The van der Waals surface area contributed by atoms with Gasteiger partial charge in [-0.15, -0.1) is 11.3 Å². The number of hydrogen-bond donors (Lipinski definition) is 1. The van der Waals surface area contributed by atoms with E-state index < -0.39 is 0 Å². The van der Waals surface area contributed by atoms with Crippen LogP contribution in [0, 0.1) is 0 Å². The van der Waals surface area contributed by atoms with Gasteiger partial charge in [-0.25, -0.2) is 4.98 Å². The molecule has 0 aliphatic carbocycles. The van der Waals surface area contributed by atoms with E-state index in [1.807, 2.05) is 28.6 Å². The lowest BCUT2D eigenvalue weighted by molar-refractivity contribution is -0.130. The molecule has 3 aromatic rings. The summed E-state index contributed by atoms with van der Waals surface area (Å²) in [7, 11) is 0. The number of thiazole rings is 1. The third-order valence-corrected chi connectivity index (χ3v) is 6.16. The van der Waals surface area contributed by atoms with Gasteiger partial charge >= 0.3 is 0 Å². The first kappa shape index (κ1) is 20.6. The molecule has 0 bridgehead atoms. The van der Waals surface area contributed by atoms with Gasteiger partial charge < -0.3 is 19.5 Å². The van der Waals surface area contributed by atoms with Gasteiger partial charge in [0.15, 0.2) is 15.6 Å². The second kappa shape index (κ2) is 9.44. The molecule has 3 heterocycles. The summed E-state index contributed by atoms with van der Waals surface area (Å²) in [6.07, 6.45) is 3.09. The van der Waals surface area contributed by atoms with Gasteiger partial charge in [0.1, 0.15) is 0 Å². The van der Waals surface area contributed by atoms with Crippen LogP contribution in [0.4, 0.5) is 10.8 Å². The fourth-order valence-electron chi connectivity index (χ4n) is 3.35. The average molecular weight is 489 g/mol. The highest BCUT2D eigenvalue weighted by Crippen LogP contribution is 2.20. The number of carbonyl (C=O) groups excluding carboxylic acids is 2. The van der Waals surface area contributed by atoms with Gasteiger partial charge in [-0.3, -0.25) is 9.59 Å². The van der Waals surface area contributed by atoms with Crippen LogP contribution in [0.3, 0.4) is 0 Å². The maximum atomic E-state index is 12.8. The summed E-state index contributed by atoms with van der Waals surface area (Å²) in [5.74, 6) is 0.0289. The van der Waals surface area contributed by atoms with E-state index in [0.29, 0.717) is 23.3 Å². The first-order valence-corrected chi connectivity index (χ1v) is 11.3. The molecule has 1 aliphatic rings. The van der Waals surface area contributed by atoms with Crippen LogP contribution in [0.1, 0.15) is 22.5 Å². The maximum Gasteiger partial charge on any atom is 0.291 e. The molecule has 7 nitrogen and oxygen atoms in total. The Bertz CT molecular complexity index is 1000. The minimum Gasteiger partial charge on any atom is -0.444 e. The molecule has 0 radical (unpaired) electrons. The summed E-state index contributed by atoms with van der Waals surface area (Å²) in [6, 6.07) is 10.6. The summed E-state index contributed by atoms with van der Waals surface area (Å²) >= 11 is 4.81. The van der Waals surface area contributed by atoms with Gasteiger partial charge in [0.2, 0.25) is 5.91 Å². The molecule has 1 fully saturated rings. The monoisotopic (exact) mass is 488 g/mol. The van der Waals surface area contributed by atoms with Crippen molar-refractivity contribution in [1.29, 1.82) is 0 Å². The van der Waals surface area contributed by atoms with Crippen molar-refractivity contribution in [3.63, 3.8) is 0 Å². The van der Waals surface area contributed by atoms with Crippen LogP contribution in [-0.2, 0) is 11.2 Å². The SMILES string of the molecule is O=C(Nc1ccc(CC(=O)N2CCCN(c3nccs3)CC2)cc1)c1ccc(Br)o1. The van der Waals surface area contributed by atoms with Crippen molar-refractivity contribution in [3.8, 4) is 0 Å². The van der Waals surface area contributed by atoms with E-state index >= 15 is 0 Å². The molecule has 0 unspecified atom stereocenters. The minimum atomic E-state index is -0.320. The molecule has 156 valence electrons. The standard InChI is InChI=1S/C21H21BrN4O3S/c22-18-7-6-17(29-18)20(28)24-16-4-2-15(3-5-16)14-19(27)25-9-1-10-26(12-11-25)21-23-8-13-30-21/h2-8,13H,1,9-12,14H2,(H,24,28). The van der Waals surface area contributed by atoms with Crippen molar-refractivity contribution < 1.29 is 14.0 Å². The van der Waals surface area contributed by atoms with Gasteiger partial charge in [-0.1, -0.05) is 12.1 Å². The number of hydrogen-bond acceptors (Lipinski definition) is 6. The van der Waals surface area contributed by atoms with Crippen LogP contribution in [-0.4, -0.2) is 47.9 Å². The molecule has 0 saturated carbocycles. The second-order valence-corrected chi connectivity index (χ2v) is 8.62. The second-order valence-electron chi connectivity index (χ2n) is 6.97. The number of halogens is 1. The average Bonchev–Trinajstić information content (AvgIpc) is 3.36. The van der Waals surface area contributed by atoms with E-state index in [2.05, 4.69) is 31.1 Å². The Kier molecular flexibility index (Phi) is 6.49. The highest BCUT2D eigenvalue weighted by atomic mass is 79.9. The Balaban J connectivity index is 1.30. The highest BCUT2D eigenvalue weighted by molar-refractivity contribution is 9.10. The maximum absolute atomic E-state index is 12.8. The number of aromatic nitrogens is 1. The molecule has 1 N–H and O–H groups in total. The number of amides is 2. The van der Waals surface area contributed by atoms with E-state index in [0.717, 1.165) is 36.8 Å². The Morgan fingerprint density at radius 1 is 1.10 bits per heavy atom. The van der Waals surface area contributed by atoms with Crippen molar-refractivity contribution in [2.45, 2.75) is 12.8 Å². The molecular formula is C21H21BrN4O3S. The van der Waals surface area contributed by atoms with Crippen LogP contribution >= 0.6 is 27.3 Å². The van der Waals surface area contributed by atoms with E-state index in [1.165, 1.54) is 0 Å². The Morgan fingerprint density at radius 3 is 2.63 bits per heavy atom. The molecule has 30 heavy (non-hydrogen) atoms. The fourth-order valence-corrected chi connectivity index (χ4v) is 4.35. The van der Waals surface area contributed by atoms with Gasteiger partial charge in [0, 0.05) is 43.4 Å². The largest absolute Gasteiger partial charge is 0.444 e. The van der Waals surface area contributed by atoms with Crippen molar-refractivity contribution in [2.24, 2.45) is 0 Å². The molecule has 1 aromatic carbocycles. The van der Waals surface area contributed by atoms with Crippen molar-refractivity contribution in [2.75, 3.05) is 36.4 Å². The molecule has 4 rings (SSSR count). The first-order chi connectivity index (χ1) is 14.6. The number of benzene rings is 1. The number of nitrogens with zero attached hydrogens (tertiary/aromatic N) is 3. The zero-order valence-corrected chi connectivity index (χ0v) is 18.6. The van der Waals surface area contributed by atoms with Gasteiger partial charge in [-0.2, -0.15) is 0 Å². The van der Waals surface area contributed by atoms with Gasteiger partial charge in [-0.05, 0) is 52.2 Å². The summed E-state index contributed by atoms with van der Waals surface area (Å²) in [4.78, 5) is 33.5. The van der Waals surface area contributed by atoms with E-state index in [-0.39, 0.29) is 17.6 Å². The zero-order chi connectivity index (χ0) is 20.9. The topological polar surface area (TPSA) is 78.7 Å². The highest BCUT2D eigenvalue weighted by Gasteiger charge is 2.20. The van der Waals surface area contributed by atoms with E-state index in [9.17, 15) is 9.59 Å². The number of rotatable bonds is 5. The van der Waals surface area contributed by atoms with Crippen LogP contribution in [0.15, 0.2) is 57.1 Å². The molecule has 1 saturated heterocycles. The Labute approximate surface area is 186 Å². The molecule has 0 spiro atoms. The Morgan fingerprint density at radius 2 is 1.93 bits per heavy atom. The smallest absolute Gasteiger partial charge is 0.291 e. The van der Waals surface area contributed by atoms with Crippen molar-refractivity contribution in [3.05, 3.63) is 64.0 Å². The summed E-state index contributed by atoms with van der Waals surface area (Å²) < 4.78 is 5.75. The molecule has 9 heteroatoms. The third kappa shape index (κ3) is 5.09.